The summed E-state index contributed by atoms with van der Waals surface area (Å²) < 4.78 is 13.8. The lowest BCUT2D eigenvalue weighted by molar-refractivity contribution is -0.0166. The Labute approximate surface area is 114 Å². The second-order valence-corrected chi connectivity index (χ2v) is 5.65. The van der Waals surface area contributed by atoms with E-state index < -0.39 is 0 Å². The Kier molecular flexibility index (Phi) is 3.87. The number of ether oxygens (including phenoxy) is 2. The number of hydrogen-bond acceptors (Lipinski definition) is 4. The Hall–Kier alpha value is -1.14. The maximum atomic E-state index is 5.60. The van der Waals surface area contributed by atoms with Crippen molar-refractivity contribution >= 4 is 21.6 Å². The van der Waals surface area contributed by atoms with E-state index in [-0.39, 0.29) is 5.60 Å². The van der Waals surface area contributed by atoms with E-state index in [1.165, 1.54) is 0 Å². The van der Waals surface area contributed by atoms with Gasteiger partial charge < -0.3 is 9.47 Å². The van der Waals surface area contributed by atoms with Gasteiger partial charge in [0.25, 0.3) is 5.88 Å². The van der Waals surface area contributed by atoms with E-state index in [1.807, 2.05) is 37.6 Å². The van der Waals surface area contributed by atoms with E-state index >= 15 is 0 Å². The molecule has 2 heterocycles. The van der Waals surface area contributed by atoms with Gasteiger partial charge in [-0.15, -0.1) is 0 Å². The second-order valence-electron chi connectivity index (χ2n) is 4.84. The summed E-state index contributed by atoms with van der Waals surface area (Å²) in [6.45, 7) is 7.00. The molecule has 0 radical (unpaired) electrons. The van der Waals surface area contributed by atoms with Crippen molar-refractivity contribution in [2.45, 2.75) is 26.4 Å². The fraction of sp³-hybridized carbons (Fsp3) is 0.500. The number of halogens is 1. The Morgan fingerprint density at radius 1 is 1.33 bits per heavy atom. The molecule has 0 aliphatic carbocycles. The van der Waals surface area contributed by atoms with E-state index in [4.69, 9.17) is 9.47 Å². The maximum absolute atomic E-state index is 5.60. The van der Waals surface area contributed by atoms with Crippen LogP contribution in [0.2, 0.25) is 0 Å². The molecule has 0 aliphatic heterocycles. The molecule has 0 atom stereocenters. The van der Waals surface area contributed by atoms with E-state index in [2.05, 4.69) is 25.9 Å². The quantitative estimate of drug-likeness (QED) is 0.814. The standard InChI is InChI=1S/C12H16BrN3O2/c1-12(2,3)18-7-6-17-11-10-14-4-5-16(10)8-9(13)15-11/h4-5,8H,6-7H2,1-3H3. The van der Waals surface area contributed by atoms with E-state index in [9.17, 15) is 0 Å². The molecule has 0 bridgehead atoms. The highest BCUT2D eigenvalue weighted by molar-refractivity contribution is 9.10. The van der Waals surface area contributed by atoms with Crippen molar-refractivity contribution in [1.29, 1.82) is 0 Å². The molecule has 5 nitrogen and oxygen atoms in total. The smallest absolute Gasteiger partial charge is 0.259 e. The lowest BCUT2D eigenvalue weighted by atomic mass is 10.2. The molecular weight excluding hydrogens is 298 g/mol. The summed E-state index contributed by atoms with van der Waals surface area (Å²) in [5, 5.41) is 0. The minimum absolute atomic E-state index is 0.156. The number of hydrogen-bond donors (Lipinski definition) is 0. The summed E-state index contributed by atoms with van der Waals surface area (Å²) in [5.41, 5.74) is 0.547. The lowest BCUT2D eigenvalue weighted by Gasteiger charge is -2.19. The first-order chi connectivity index (χ1) is 8.46. The van der Waals surface area contributed by atoms with Crippen molar-refractivity contribution in [2.75, 3.05) is 13.2 Å². The molecule has 0 aliphatic rings. The van der Waals surface area contributed by atoms with Crippen LogP contribution in [-0.2, 0) is 4.74 Å². The van der Waals surface area contributed by atoms with Crippen molar-refractivity contribution in [2.24, 2.45) is 0 Å². The van der Waals surface area contributed by atoms with Gasteiger partial charge in [0.1, 0.15) is 11.2 Å². The van der Waals surface area contributed by atoms with Crippen molar-refractivity contribution in [3.8, 4) is 5.88 Å². The van der Waals surface area contributed by atoms with Crippen molar-refractivity contribution in [3.05, 3.63) is 23.2 Å². The van der Waals surface area contributed by atoms with Crippen molar-refractivity contribution in [3.63, 3.8) is 0 Å². The van der Waals surface area contributed by atoms with Gasteiger partial charge in [0.2, 0.25) is 5.65 Å². The molecule has 0 aromatic carbocycles. The number of fused-ring (bicyclic) bond motifs is 1. The minimum atomic E-state index is -0.156. The number of aromatic nitrogens is 3. The molecule has 6 heteroatoms. The molecule has 98 valence electrons. The molecule has 0 N–H and O–H groups in total. The van der Waals surface area contributed by atoms with Gasteiger partial charge in [0, 0.05) is 18.6 Å². The van der Waals surface area contributed by atoms with Crippen LogP contribution < -0.4 is 4.74 Å². The van der Waals surface area contributed by atoms with Gasteiger partial charge in [-0.25, -0.2) is 9.97 Å². The molecule has 2 aromatic rings. The summed E-state index contributed by atoms with van der Waals surface area (Å²) >= 11 is 3.34. The third-order valence-corrected chi connectivity index (χ3v) is 2.55. The van der Waals surface area contributed by atoms with Gasteiger partial charge in [-0.2, -0.15) is 0 Å². The monoisotopic (exact) mass is 313 g/mol. The molecule has 2 rings (SSSR count). The van der Waals surface area contributed by atoms with Crippen LogP contribution in [-0.4, -0.2) is 33.2 Å². The summed E-state index contributed by atoms with van der Waals surface area (Å²) in [4.78, 5) is 8.46. The van der Waals surface area contributed by atoms with Gasteiger partial charge in [-0.05, 0) is 36.7 Å². The maximum Gasteiger partial charge on any atom is 0.259 e. The average Bonchev–Trinajstić information content (AvgIpc) is 2.70. The van der Waals surface area contributed by atoms with E-state index in [0.29, 0.717) is 29.3 Å². The number of nitrogens with zero attached hydrogens (tertiary/aromatic N) is 3. The summed E-state index contributed by atoms with van der Waals surface area (Å²) in [6.07, 6.45) is 5.39. The molecular formula is C12H16BrN3O2. The zero-order chi connectivity index (χ0) is 13.2. The number of imidazole rings is 1. The molecule has 18 heavy (non-hydrogen) atoms. The average molecular weight is 314 g/mol. The van der Waals surface area contributed by atoms with Crippen LogP contribution in [0, 0.1) is 0 Å². The predicted octanol–water partition coefficient (Wildman–Crippen LogP) is 2.69. The first-order valence-corrected chi connectivity index (χ1v) is 6.51. The Morgan fingerprint density at radius 3 is 2.83 bits per heavy atom. The Morgan fingerprint density at radius 2 is 2.11 bits per heavy atom. The fourth-order valence-electron chi connectivity index (χ4n) is 1.46. The zero-order valence-electron chi connectivity index (χ0n) is 10.7. The Bertz CT molecular complexity index is 534. The van der Waals surface area contributed by atoms with Gasteiger partial charge in [-0.1, -0.05) is 0 Å². The van der Waals surface area contributed by atoms with Gasteiger partial charge in [-0.3, -0.25) is 4.40 Å². The largest absolute Gasteiger partial charge is 0.473 e. The van der Waals surface area contributed by atoms with Crippen LogP contribution in [0.4, 0.5) is 0 Å². The Balaban J connectivity index is 2.01. The van der Waals surface area contributed by atoms with Crippen LogP contribution >= 0.6 is 15.9 Å². The molecule has 2 aromatic heterocycles. The van der Waals surface area contributed by atoms with Crippen LogP contribution in [0.25, 0.3) is 5.65 Å². The second kappa shape index (κ2) is 5.24. The molecule has 0 fully saturated rings. The predicted molar refractivity (Wildman–Crippen MR) is 71.9 cm³/mol. The highest BCUT2D eigenvalue weighted by Gasteiger charge is 2.11. The van der Waals surface area contributed by atoms with E-state index in [0.717, 1.165) is 0 Å². The fourth-order valence-corrected chi connectivity index (χ4v) is 1.84. The van der Waals surface area contributed by atoms with E-state index in [1.54, 1.807) is 6.20 Å². The summed E-state index contributed by atoms with van der Waals surface area (Å²) in [5.74, 6) is 0.506. The van der Waals surface area contributed by atoms with Crippen molar-refractivity contribution in [1.82, 2.24) is 14.4 Å². The van der Waals surface area contributed by atoms with Crippen molar-refractivity contribution < 1.29 is 9.47 Å². The molecule has 0 saturated carbocycles. The summed E-state index contributed by atoms with van der Waals surface area (Å²) in [7, 11) is 0. The lowest BCUT2D eigenvalue weighted by Crippen LogP contribution is -2.22. The molecule has 0 saturated heterocycles. The van der Waals surface area contributed by atoms with Gasteiger partial charge in [0.05, 0.1) is 12.2 Å². The third kappa shape index (κ3) is 3.43. The van der Waals surface area contributed by atoms with Gasteiger partial charge in [0.15, 0.2) is 0 Å². The normalized spacial score (nSPS) is 12.0. The summed E-state index contributed by atoms with van der Waals surface area (Å²) in [6, 6.07) is 0. The third-order valence-electron chi connectivity index (χ3n) is 2.17. The van der Waals surface area contributed by atoms with Gasteiger partial charge >= 0.3 is 0 Å². The SMILES string of the molecule is CC(C)(C)OCCOc1nc(Br)cn2ccnc12. The molecule has 0 unspecified atom stereocenters. The highest BCUT2D eigenvalue weighted by Crippen LogP contribution is 2.19. The molecule has 0 amide bonds. The first kappa shape index (κ1) is 13.3. The zero-order valence-corrected chi connectivity index (χ0v) is 12.3. The number of rotatable bonds is 4. The molecule has 0 spiro atoms. The highest BCUT2D eigenvalue weighted by atomic mass is 79.9. The minimum Gasteiger partial charge on any atom is -0.473 e. The van der Waals surface area contributed by atoms with Crippen LogP contribution in [0.5, 0.6) is 5.88 Å². The topological polar surface area (TPSA) is 48.7 Å². The first-order valence-electron chi connectivity index (χ1n) is 5.72. The van der Waals surface area contributed by atoms with Crippen LogP contribution in [0.1, 0.15) is 20.8 Å². The van der Waals surface area contributed by atoms with Crippen LogP contribution in [0.15, 0.2) is 23.2 Å². The van der Waals surface area contributed by atoms with Crippen LogP contribution in [0.3, 0.4) is 0 Å².